The van der Waals surface area contributed by atoms with Crippen LogP contribution in [0.15, 0.2) is 60.7 Å². The first-order valence-electron chi connectivity index (χ1n) is 9.66. The molecule has 0 spiro atoms. The van der Waals surface area contributed by atoms with E-state index in [0.29, 0.717) is 11.8 Å². The van der Waals surface area contributed by atoms with Crippen LogP contribution in [0.4, 0.5) is 0 Å². The molecule has 1 aliphatic carbocycles. The van der Waals surface area contributed by atoms with Gasteiger partial charge < -0.3 is 24.8 Å². The van der Waals surface area contributed by atoms with Gasteiger partial charge in [0.15, 0.2) is 0 Å². The number of benzene rings is 3. The van der Waals surface area contributed by atoms with Crippen molar-refractivity contribution < 1.29 is 44.0 Å². The molecule has 3 aromatic rings. The molecule has 1 aliphatic rings. The summed E-state index contributed by atoms with van der Waals surface area (Å²) in [6.45, 7) is 9.33. The average Bonchev–Trinajstić information content (AvgIpc) is 3.01. The fourth-order valence-electron chi connectivity index (χ4n) is 4.10. The third-order valence-electron chi connectivity index (χ3n) is 5.48. The zero-order valence-electron chi connectivity index (χ0n) is 16.9. The van der Waals surface area contributed by atoms with Crippen molar-refractivity contribution in [2.45, 2.75) is 46.0 Å². The van der Waals surface area contributed by atoms with Gasteiger partial charge in [0.1, 0.15) is 0 Å². The van der Waals surface area contributed by atoms with Crippen molar-refractivity contribution in [2.24, 2.45) is 0 Å². The second-order valence-corrected chi connectivity index (χ2v) is 9.92. The van der Waals surface area contributed by atoms with Gasteiger partial charge in [-0.2, -0.15) is 0 Å². The van der Waals surface area contributed by atoms with Crippen molar-refractivity contribution >= 4 is 7.74 Å². The molecule has 0 N–H and O–H groups in total. The van der Waals surface area contributed by atoms with Gasteiger partial charge in [-0.3, -0.25) is 0 Å². The van der Waals surface area contributed by atoms with Gasteiger partial charge in [-0.25, -0.2) is 0 Å². The molecule has 0 aliphatic heterocycles. The second kappa shape index (κ2) is 9.64. The molecule has 144 valence electrons. The Kier molecular flexibility index (Phi) is 8.00. The second-order valence-electron chi connectivity index (χ2n) is 7.91. The molecule has 0 saturated heterocycles. The van der Waals surface area contributed by atoms with E-state index in [0.717, 1.165) is 6.42 Å². The number of hydrogen-bond donors (Lipinski definition) is 0. The van der Waals surface area contributed by atoms with E-state index < -0.39 is 0 Å². The van der Waals surface area contributed by atoms with Gasteiger partial charge in [0.05, 0.1) is 0 Å². The molecule has 0 bridgehead atoms. The summed E-state index contributed by atoms with van der Waals surface area (Å²) in [4.78, 5) is 0. The first-order chi connectivity index (χ1) is 12.6. The van der Waals surface area contributed by atoms with Crippen LogP contribution in [0.1, 0.15) is 61.8 Å². The monoisotopic (exact) mass is 444 g/mol. The molecule has 3 heteroatoms. The molecule has 0 heterocycles. The molecule has 0 unspecified atom stereocenters. The van der Waals surface area contributed by atoms with Crippen LogP contribution in [0.3, 0.4) is 0 Å². The molecule has 28 heavy (non-hydrogen) atoms. The van der Waals surface area contributed by atoms with Crippen LogP contribution in [0, 0.1) is 0 Å². The zero-order valence-corrected chi connectivity index (χ0v) is 20.0. The molecule has 3 aromatic carbocycles. The zero-order chi connectivity index (χ0) is 18.3. The van der Waals surface area contributed by atoms with E-state index in [1.807, 2.05) is 0 Å². The van der Waals surface area contributed by atoms with Crippen molar-refractivity contribution in [3.05, 3.63) is 82.9 Å². The Morgan fingerprint density at radius 2 is 1.25 bits per heavy atom. The molecule has 0 nitrogen and oxygen atoms in total. The van der Waals surface area contributed by atoms with Gasteiger partial charge in [-0.05, 0) is 0 Å². The van der Waals surface area contributed by atoms with E-state index in [4.69, 9.17) is 0 Å². The molecule has 4 rings (SSSR count). The van der Waals surface area contributed by atoms with Gasteiger partial charge in [0.2, 0.25) is 0 Å². The van der Waals surface area contributed by atoms with Gasteiger partial charge >= 0.3 is 167 Å². The standard InChI is InChI=1S/C13H9.C12H17.2ClH.Ti/c1-3-7-12-10(5-1)9-11-6-2-4-8-13(11)12;1-9(2)11-6-5-7-12(8-11)10(3)4;;;/h1-5,7-8H,9H2;5-7,9-10H,1-4H3;2*1H;/q;;;;+2/p-2. The van der Waals surface area contributed by atoms with Crippen LogP contribution >= 0.6 is 0 Å². The Bertz CT molecular complexity index is 934. The van der Waals surface area contributed by atoms with E-state index in [1.54, 1.807) is 24.4 Å². The van der Waals surface area contributed by atoms with E-state index >= 15 is 0 Å². The van der Waals surface area contributed by atoms with Crippen molar-refractivity contribution in [1.29, 1.82) is 0 Å². The summed E-state index contributed by atoms with van der Waals surface area (Å²) in [6.07, 6.45) is 1.10. The third-order valence-corrected chi connectivity index (χ3v) is 7.93. The average molecular weight is 445 g/mol. The van der Waals surface area contributed by atoms with E-state index in [2.05, 4.69) is 88.4 Å². The Labute approximate surface area is 190 Å². The van der Waals surface area contributed by atoms with Gasteiger partial charge in [0.25, 0.3) is 0 Å². The van der Waals surface area contributed by atoms with Gasteiger partial charge in [-0.15, -0.1) is 0 Å². The summed E-state index contributed by atoms with van der Waals surface area (Å²) >= 11 is -0.358. The Balaban J connectivity index is 0.00000140. The van der Waals surface area contributed by atoms with Crippen molar-refractivity contribution in [3.63, 3.8) is 0 Å². The predicted molar refractivity (Wildman–Crippen MR) is 109 cm³/mol. The summed E-state index contributed by atoms with van der Waals surface area (Å²) in [5.41, 5.74) is 9.10. The fourth-order valence-corrected chi connectivity index (χ4v) is 7.00. The SMILES string of the molecule is CC(C)c1cccc(C(C)C)[c]1[Ti+2][c]1cccc2c1Cc1ccccc1-2.[Cl-].[Cl-]. The minimum atomic E-state index is -0.358. The van der Waals surface area contributed by atoms with Crippen LogP contribution in [-0.4, -0.2) is 0 Å². The van der Waals surface area contributed by atoms with E-state index in [9.17, 15) is 0 Å². The maximum absolute atomic E-state index is 2.39. The number of halogens is 2. The van der Waals surface area contributed by atoms with Crippen LogP contribution < -0.4 is 32.6 Å². The summed E-state index contributed by atoms with van der Waals surface area (Å²) in [6, 6.07) is 22.9. The molecule has 0 saturated carbocycles. The number of hydrogen-bond acceptors (Lipinski definition) is 0. The smallest absolute Gasteiger partial charge is 1.00 e. The van der Waals surface area contributed by atoms with Crippen LogP contribution in [0.2, 0.25) is 0 Å². The molecule has 0 radical (unpaired) electrons. The molecule has 0 fully saturated rings. The maximum Gasteiger partial charge on any atom is -1.00 e. The number of fused-ring (bicyclic) bond motifs is 3. The van der Waals surface area contributed by atoms with Crippen molar-refractivity contribution in [1.82, 2.24) is 0 Å². The molecule has 0 amide bonds. The third kappa shape index (κ3) is 4.26. The van der Waals surface area contributed by atoms with E-state index in [1.165, 1.54) is 16.7 Å². The first-order valence-corrected chi connectivity index (χ1v) is 11.2. The minimum Gasteiger partial charge on any atom is -1.00 e. The Morgan fingerprint density at radius 1 is 0.679 bits per heavy atom. The molecule has 0 aromatic heterocycles. The molecular weight excluding hydrogens is 419 g/mol. The predicted octanol–water partition coefficient (Wildman–Crippen LogP) is -0.454. The summed E-state index contributed by atoms with van der Waals surface area (Å²) in [5.74, 6) is 1.17. The summed E-state index contributed by atoms with van der Waals surface area (Å²) in [5, 5.41) is 0. The van der Waals surface area contributed by atoms with Crippen LogP contribution in [0.25, 0.3) is 11.1 Å². The first kappa shape index (κ1) is 23.2. The summed E-state index contributed by atoms with van der Waals surface area (Å²) < 4.78 is 3.29. The summed E-state index contributed by atoms with van der Waals surface area (Å²) in [7, 11) is 0. The van der Waals surface area contributed by atoms with Crippen molar-refractivity contribution in [2.75, 3.05) is 0 Å². The quantitative estimate of drug-likeness (QED) is 0.374. The Morgan fingerprint density at radius 3 is 1.89 bits per heavy atom. The van der Waals surface area contributed by atoms with Crippen molar-refractivity contribution in [3.8, 4) is 11.1 Å². The fraction of sp³-hybridized carbons (Fsp3) is 0.280. The molecular formula is C25H26Cl2Ti. The topological polar surface area (TPSA) is 0 Å². The van der Waals surface area contributed by atoms with E-state index in [-0.39, 0.29) is 44.0 Å². The largest absolute Gasteiger partial charge is 1.00 e. The number of rotatable bonds is 4. The van der Waals surface area contributed by atoms with Crippen LogP contribution in [0.5, 0.6) is 0 Å². The minimum absolute atomic E-state index is 0. The normalized spacial score (nSPS) is 11.4. The van der Waals surface area contributed by atoms with Gasteiger partial charge in [0, 0.05) is 0 Å². The maximum atomic E-state index is 2.39. The molecule has 0 atom stereocenters. The van der Waals surface area contributed by atoms with Gasteiger partial charge in [-0.1, -0.05) is 0 Å². The van der Waals surface area contributed by atoms with Crippen LogP contribution in [-0.2, 0) is 25.6 Å². The Hall–Kier alpha value is -1.05.